The van der Waals surface area contributed by atoms with Gasteiger partial charge in [-0.15, -0.1) is 0 Å². The SMILES string of the molecule is Cc1ccccc1OCCN(C)C(=O)c1ccc(-n2cncn2)cc1. The summed E-state index contributed by atoms with van der Waals surface area (Å²) in [5.74, 6) is 0.805. The zero-order valence-electron chi connectivity index (χ0n) is 14.3. The molecule has 0 fully saturated rings. The molecule has 0 atom stereocenters. The number of hydrogen-bond donors (Lipinski definition) is 0. The molecule has 0 aliphatic rings. The first kappa shape index (κ1) is 16.7. The van der Waals surface area contributed by atoms with Gasteiger partial charge in [0.2, 0.25) is 0 Å². The zero-order valence-corrected chi connectivity index (χ0v) is 14.3. The van der Waals surface area contributed by atoms with Gasteiger partial charge >= 0.3 is 0 Å². The van der Waals surface area contributed by atoms with Crippen LogP contribution < -0.4 is 4.74 Å². The van der Waals surface area contributed by atoms with Gasteiger partial charge in [-0.3, -0.25) is 4.79 Å². The van der Waals surface area contributed by atoms with Gasteiger partial charge in [0.25, 0.3) is 5.91 Å². The minimum Gasteiger partial charge on any atom is -0.491 e. The molecule has 1 aromatic heterocycles. The Balaban J connectivity index is 1.56. The van der Waals surface area contributed by atoms with Crippen LogP contribution in [0.25, 0.3) is 5.69 Å². The highest BCUT2D eigenvalue weighted by atomic mass is 16.5. The molecule has 0 aliphatic heterocycles. The van der Waals surface area contributed by atoms with Gasteiger partial charge in [-0.1, -0.05) is 18.2 Å². The fourth-order valence-electron chi connectivity index (χ4n) is 2.43. The summed E-state index contributed by atoms with van der Waals surface area (Å²) in [7, 11) is 1.77. The predicted molar refractivity (Wildman–Crippen MR) is 95.0 cm³/mol. The molecule has 25 heavy (non-hydrogen) atoms. The third-order valence-corrected chi connectivity index (χ3v) is 3.92. The Hall–Kier alpha value is -3.15. The molecule has 0 saturated heterocycles. The molecule has 0 spiro atoms. The summed E-state index contributed by atoms with van der Waals surface area (Å²) in [6.07, 6.45) is 3.09. The minimum absolute atomic E-state index is 0.0430. The number of likely N-dealkylation sites (N-methyl/N-ethyl adjacent to an activating group) is 1. The molecule has 0 radical (unpaired) electrons. The van der Waals surface area contributed by atoms with Crippen LogP contribution in [0.5, 0.6) is 5.75 Å². The number of nitrogens with zero attached hydrogens (tertiary/aromatic N) is 4. The fourth-order valence-corrected chi connectivity index (χ4v) is 2.43. The van der Waals surface area contributed by atoms with Crippen LogP contribution in [-0.4, -0.2) is 45.8 Å². The number of aryl methyl sites for hydroxylation is 1. The van der Waals surface area contributed by atoms with Gasteiger partial charge < -0.3 is 9.64 Å². The summed E-state index contributed by atoms with van der Waals surface area (Å²) < 4.78 is 7.40. The Kier molecular flexibility index (Phi) is 5.09. The maximum Gasteiger partial charge on any atom is 0.253 e. The van der Waals surface area contributed by atoms with E-state index in [-0.39, 0.29) is 5.91 Å². The van der Waals surface area contributed by atoms with Crippen molar-refractivity contribution < 1.29 is 9.53 Å². The minimum atomic E-state index is -0.0430. The average Bonchev–Trinajstić information content (AvgIpc) is 3.17. The van der Waals surface area contributed by atoms with Crippen molar-refractivity contribution in [1.29, 1.82) is 0 Å². The Morgan fingerprint density at radius 2 is 1.92 bits per heavy atom. The van der Waals surface area contributed by atoms with Gasteiger partial charge in [0.05, 0.1) is 12.2 Å². The lowest BCUT2D eigenvalue weighted by Crippen LogP contribution is -2.30. The van der Waals surface area contributed by atoms with Crippen LogP contribution in [0.1, 0.15) is 15.9 Å². The number of carbonyl (C=O) groups is 1. The molecule has 3 rings (SSSR count). The molecule has 0 bridgehead atoms. The van der Waals surface area contributed by atoms with Gasteiger partial charge in [-0.2, -0.15) is 5.10 Å². The first-order chi connectivity index (χ1) is 12.1. The number of amides is 1. The fraction of sp³-hybridized carbons (Fsp3) is 0.211. The normalized spacial score (nSPS) is 10.5. The summed E-state index contributed by atoms with van der Waals surface area (Å²) in [6.45, 7) is 2.96. The number of carbonyl (C=O) groups excluding carboxylic acids is 1. The van der Waals surface area contributed by atoms with Gasteiger partial charge in [0, 0.05) is 12.6 Å². The Morgan fingerprint density at radius 1 is 1.16 bits per heavy atom. The largest absolute Gasteiger partial charge is 0.491 e. The second-order valence-electron chi connectivity index (χ2n) is 5.73. The molecule has 1 amide bonds. The number of aromatic nitrogens is 3. The molecule has 0 aliphatic carbocycles. The maximum atomic E-state index is 12.5. The quantitative estimate of drug-likeness (QED) is 0.694. The van der Waals surface area contributed by atoms with Crippen molar-refractivity contribution in [2.75, 3.05) is 20.2 Å². The number of hydrogen-bond acceptors (Lipinski definition) is 4. The number of para-hydroxylation sites is 1. The lowest BCUT2D eigenvalue weighted by Gasteiger charge is -2.18. The van der Waals surface area contributed by atoms with E-state index >= 15 is 0 Å². The second kappa shape index (κ2) is 7.61. The van der Waals surface area contributed by atoms with E-state index in [1.807, 2.05) is 43.3 Å². The van der Waals surface area contributed by atoms with Gasteiger partial charge in [0.15, 0.2) is 0 Å². The van der Waals surface area contributed by atoms with Crippen molar-refractivity contribution in [2.24, 2.45) is 0 Å². The highest BCUT2D eigenvalue weighted by molar-refractivity contribution is 5.94. The Bertz CT molecular complexity index is 829. The van der Waals surface area contributed by atoms with Crippen LogP contribution in [0.2, 0.25) is 0 Å². The molecule has 6 heteroatoms. The van der Waals surface area contributed by atoms with E-state index in [9.17, 15) is 4.79 Å². The Labute approximate surface area is 146 Å². The smallest absolute Gasteiger partial charge is 0.253 e. The summed E-state index contributed by atoms with van der Waals surface area (Å²) in [5, 5.41) is 4.07. The van der Waals surface area contributed by atoms with Gasteiger partial charge in [-0.05, 0) is 42.8 Å². The number of benzene rings is 2. The molecule has 0 N–H and O–H groups in total. The lowest BCUT2D eigenvalue weighted by molar-refractivity contribution is 0.0773. The molecule has 2 aromatic carbocycles. The van der Waals surface area contributed by atoms with E-state index in [0.717, 1.165) is 17.0 Å². The average molecular weight is 336 g/mol. The molecule has 6 nitrogen and oxygen atoms in total. The lowest BCUT2D eigenvalue weighted by atomic mass is 10.2. The molecular weight excluding hydrogens is 316 g/mol. The molecule has 0 unspecified atom stereocenters. The van der Waals surface area contributed by atoms with E-state index in [1.165, 1.54) is 6.33 Å². The van der Waals surface area contributed by atoms with Crippen LogP contribution in [0.15, 0.2) is 61.2 Å². The van der Waals surface area contributed by atoms with E-state index in [4.69, 9.17) is 4.74 Å². The molecular formula is C19H20N4O2. The van der Waals surface area contributed by atoms with Crippen LogP contribution in [0, 0.1) is 6.92 Å². The van der Waals surface area contributed by atoms with Crippen LogP contribution in [0.4, 0.5) is 0 Å². The third kappa shape index (κ3) is 4.03. The zero-order chi connectivity index (χ0) is 17.6. The monoisotopic (exact) mass is 336 g/mol. The first-order valence-electron chi connectivity index (χ1n) is 8.04. The van der Waals surface area contributed by atoms with Gasteiger partial charge in [0.1, 0.15) is 25.0 Å². The molecule has 0 saturated carbocycles. The van der Waals surface area contributed by atoms with E-state index < -0.39 is 0 Å². The van der Waals surface area contributed by atoms with Crippen molar-refractivity contribution in [1.82, 2.24) is 19.7 Å². The second-order valence-corrected chi connectivity index (χ2v) is 5.73. The standard InChI is InChI=1S/C19H20N4O2/c1-15-5-3-4-6-18(15)25-12-11-22(2)19(24)16-7-9-17(10-8-16)23-14-20-13-21-23/h3-10,13-14H,11-12H2,1-2H3. The predicted octanol–water partition coefficient (Wildman–Crippen LogP) is 2.73. The number of ether oxygens (including phenoxy) is 1. The van der Waals surface area contributed by atoms with Crippen molar-refractivity contribution in [3.63, 3.8) is 0 Å². The maximum absolute atomic E-state index is 12.5. The highest BCUT2D eigenvalue weighted by Gasteiger charge is 2.12. The van der Waals surface area contributed by atoms with Crippen molar-refractivity contribution >= 4 is 5.91 Å². The van der Waals surface area contributed by atoms with E-state index in [1.54, 1.807) is 35.1 Å². The third-order valence-electron chi connectivity index (χ3n) is 3.92. The van der Waals surface area contributed by atoms with E-state index in [0.29, 0.717) is 18.7 Å². The summed E-state index contributed by atoms with van der Waals surface area (Å²) in [6, 6.07) is 15.1. The van der Waals surface area contributed by atoms with E-state index in [2.05, 4.69) is 10.1 Å². The summed E-state index contributed by atoms with van der Waals surface area (Å²) in [5.41, 5.74) is 2.57. The first-order valence-corrected chi connectivity index (χ1v) is 8.04. The van der Waals surface area contributed by atoms with Crippen molar-refractivity contribution in [2.45, 2.75) is 6.92 Å². The number of rotatable bonds is 6. The van der Waals surface area contributed by atoms with Gasteiger partial charge in [-0.25, -0.2) is 9.67 Å². The van der Waals surface area contributed by atoms with Crippen molar-refractivity contribution in [3.8, 4) is 11.4 Å². The van der Waals surface area contributed by atoms with Crippen LogP contribution >= 0.6 is 0 Å². The van der Waals surface area contributed by atoms with Crippen LogP contribution in [-0.2, 0) is 0 Å². The topological polar surface area (TPSA) is 60.2 Å². The summed E-state index contributed by atoms with van der Waals surface area (Å²) >= 11 is 0. The summed E-state index contributed by atoms with van der Waals surface area (Å²) in [4.78, 5) is 18.1. The Morgan fingerprint density at radius 3 is 2.60 bits per heavy atom. The van der Waals surface area contributed by atoms with Crippen LogP contribution in [0.3, 0.4) is 0 Å². The highest BCUT2D eigenvalue weighted by Crippen LogP contribution is 2.16. The molecule has 128 valence electrons. The molecule has 3 aromatic rings. The van der Waals surface area contributed by atoms with Crippen molar-refractivity contribution in [3.05, 3.63) is 72.3 Å². The molecule has 1 heterocycles.